The second-order valence-electron chi connectivity index (χ2n) is 7.86. The van der Waals surface area contributed by atoms with E-state index in [0.29, 0.717) is 19.2 Å². The number of sulfone groups is 1. The van der Waals surface area contributed by atoms with Gasteiger partial charge in [-0.2, -0.15) is 5.26 Å². The first-order chi connectivity index (χ1) is 12.8. The Bertz CT molecular complexity index is 767. The van der Waals surface area contributed by atoms with E-state index in [1.807, 2.05) is 24.3 Å². The molecule has 148 valence electrons. The van der Waals surface area contributed by atoms with Gasteiger partial charge in [0.1, 0.15) is 9.84 Å². The van der Waals surface area contributed by atoms with Gasteiger partial charge in [-0.1, -0.05) is 23.7 Å². The second-order valence-corrected chi connectivity index (χ2v) is 10.5. The van der Waals surface area contributed by atoms with Crippen LogP contribution >= 0.6 is 11.6 Å². The first kappa shape index (κ1) is 20.6. The molecule has 5 nitrogen and oxygen atoms in total. The summed E-state index contributed by atoms with van der Waals surface area (Å²) >= 11 is 5.99. The molecular formula is C20H27ClN2O3S. The lowest BCUT2D eigenvalue weighted by atomic mass is 9.85. The highest BCUT2D eigenvalue weighted by atomic mass is 35.5. The zero-order chi connectivity index (χ0) is 19.4. The summed E-state index contributed by atoms with van der Waals surface area (Å²) in [5, 5.41) is 9.89. The molecule has 1 aromatic carbocycles. The Morgan fingerprint density at radius 1 is 1.22 bits per heavy atom. The Balaban J connectivity index is 1.72. The molecule has 0 N–H and O–H groups in total. The highest BCUT2D eigenvalue weighted by Gasteiger charge is 2.36. The summed E-state index contributed by atoms with van der Waals surface area (Å²) in [6, 6.07) is 10.9. The van der Waals surface area contributed by atoms with E-state index in [4.69, 9.17) is 21.6 Å². The summed E-state index contributed by atoms with van der Waals surface area (Å²) in [5.74, 6) is 0.217. The average Bonchev–Trinajstić information content (AvgIpc) is 2.64. The molecule has 1 heterocycles. The fourth-order valence-electron chi connectivity index (χ4n) is 4.27. The lowest BCUT2D eigenvalue weighted by Gasteiger charge is -2.45. The van der Waals surface area contributed by atoms with Crippen LogP contribution in [-0.4, -0.2) is 56.7 Å². The minimum absolute atomic E-state index is 0.0602. The summed E-state index contributed by atoms with van der Waals surface area (Å²) in [6.45, 7) is 1.16. The Morgan fingerprint density at radius 2 is 1.89 bits per heavy atom. The van der Waals surface area contributed by atoms with E-state index < -0.39 is 9.84 Å². The topological polar surface area (TPSA) is 70.4 Å². The number of halogens is 1. The van der Waals surface area contributed by atoms with Crippen LogP contribution in [0.4, 0.5) is 0 Å². The molecule has 7 heteroatoms. The summed E-state index contributed by atoms with van der Waals surface area (Å²) < 4.78 is 29.4. The molecule has 1 aliphatic carbocycles. The van der Waals surface area contributed by atoms with E-state index in [0.717, 1.165) is 37.1 Å². The van der Waals surface area contributed by atoms with Gasteiger partial charge >= 0.3 is 0 Å². The molecule has 3 rings (SSSR count). The van der Waals surface area contributed by atoms with Crippen molar-refractivity contribution < 1.29 is 13.2 Å². The molecule has 0 spiro atoms. The number of ether oxygens (including phenoxy) is 1. The molecule has 1 aliphatic heterocycles. The largest absolute Gasteiger partial charge is 0.374 e. The summed E-state index contributed by atoms with van der Waals surface area (Å²) in [6.07, 6.45) is 5.64. The third kappa shape index (κ3) is 5.92. The minimum atomic E-state index is -3.08. The van der Waals surface area contributed by atoms with Crippen molar-refractivity contribution in [3.63, 3.8) is 0 Å². The molecule has 0 amide bonds. The van der Waals surface area contributed by atoms with Gasteiger partial charge in [0.15, 0.2) is 0 Å². The molecule has 2 aliphatic rings. The number of nitrogens with zero attached hydrogens (tertiary/aromatic N) is 2. The third-order valence-electron chi connectivity index (χ3n) is 5.63. The maximum Gasteiger partial charge on any atom is 0.150 e. The van der Waals surface area contributed by atoms with Crippen LogP contribution in [0.5, 0.6) is 0 Å². The SMILES string of the molecule is CS(=O)(=O)C[C@H]1CN(C2CCC(C#N)CC2)[C@@H](Cc2ccc(Cl)cc2)CO1. The number of rotatable bonds is 5. The summed E-state index contributed by atoms with van der Waals surface area (Å²) in [5.41, 5.74) is 1.20. The van der Waals surface area contributed by atoms with Crippen molar-refractivity contribution in [3.8, 4) is 6.07 Å². The van der Waals surface area contributed by atoms with Crippen LogP contribution in [0.25, 0.3) is 0 Å². The predicted molar refractivity (Wildman–Crippen MR) is 106 cm³/mol. The van der Waals surface area contributed by atoms with Crippen LogP contribution in [0.15, 0.2) is 24.3 Å². The van der Waals surface area contributed by atoms with Crippen LogP contribution in [0.1, 0.15) is 31.2 Å². The van der Waals surface area contributed by atoms with E-state index in [9.17, 15) is 8.42 Å². The van der Waals surface area contributed by atoms with Gasteiger partial charge in [0.25, 0.3) is 0 Å². The highest BCUT2D eigenvalue weighted by molar-refractivity contribution is 7.90. The van der Waals surface area contributed by atoms with Crippen LogP contribution < -0.4 is 0 Å². The number of benzene rings is 1. The molecule has 0 aromatic heterocycles. The number of hydrogen-bond acceptors (Lipinski definition) is 5. The molecule has 1 aromatic rings. The van der Waals surface area contributed by atoms with Crippen molar-refractivity contribution in [2.75, 3.05) is 25.2 Å². The maximum atomic E-state index is 11.7. The molecule has 1 saturated heterocycles. The third-order valence-corrected chi connectivity index (χ3v) is 6.86. The van der Waals surface area contributed by atoms with E-state index in [2.05, 4.69) is 11.0 Å². The lowest BCUT2D eigenvalue weighted by Crippen LogP contribution is -2.56. The number of morpholine rings is 1. The average molecular weight is 411 g/mol. The van der Waals surface area contributed by atoms with E-state index in [-0.39, 0.29) is 23.8 Å². The monoisotopic (exact) mass is 410 g/mol. The van der Waals surface area contributed by atoms with E-state index in [1.54, 1.807) is 0 Å². The Labute approximate surface area is 167 Å². The highest BCUT2D eigenvalue weighted by Crippen LogP contribution is 2.31. The molecule has 0 radical (unpaired) electrons. The van der Waals surface area contributed by atoms with Gasteiger partial charge in [-0.3, -0.25) is 4.90 Å². The van der Waals surface area contributed by atoms with Gasteiger partial charge < -0.3 is 4.74 Å². The molecule has 2 atom stereocenters. The Morgan fingerprint density at radius 3 is 2.48 bits per heavy atom. The quantitative estimate of drug-likeness (QED) is 0.745. The second kappa shape index (κ2) is 8.91. The van der Waals surface area contributed by atoms with Gasteiger partial charge in [-0.25, -0.2) is 8.42 Å². The molecule has 0 bridgehead atoms. The molecule has 27 heavy (non-hydrogen) atoms. The van der Waals surface area contributed by atoms with Gasteiger partial charge in [-0.05, 0) is 49.8 Å². The van der Waals surface area contributed by atoms with Crippen molar-refractivity contribution >= 4 is 21.4 Å². The van der Waals surface area contributed by atoms with Crippen LogP contribution in [-0.2, 0) is 21.0 Å². The van der Waals surface area contributed by atoms with Gasteiger partial charge in [0, 0.05) is 35.8 Å². The summed E-state index contributed by atoms with van der Waals surface area (Å²) in [4.78, 5) is 2.45. The Hall–Kier alpha value is -1.13. The molecular weight excluding hydrogens is 384 g/mol. The number of nitriles is 1. The fourth-order valence-corrected chi connectivity index (χ4v) is 5.27. The zero-order valence-electron chi connectivity index (χ0n) is 15.7. The van der Waals surface area contributed by atoms with E-state index >= 15 is 0 Å². The predicted octanol–water partition coefficient (Wildman–Crippen LogP) is 3.08. The standard InChI is InChI=1S/C20H27ClN2O3S/c1-27(24,25)14-20-12-23(18-8-4-16(11-22)5-9-18)19(13-26-20)10-15-2-6-17(21)7-3-15/h2-3,6-7,16,18-20H,4-5,8-10,12-14H2,1H3/t16?,18?,19-,20+/m0/s1. The summed E-state index contributed by atoms with van der Waals surface area (Å²) in [7, 11) is -3.08. The number of hydrogen-bond donors (Lipinski definition) is 0. The lowest BCUT2D eigenvalue weighted by molar-refractivity contribution is -0.0759. The normalized spacial score (nSPS) is 30.0. The van der Waals surface area contributed by atoms with Crippen molar-refractivity contribution in [1.29, 1.82) is 5.26 Å². The van der Waals surface area contributed by atoms with Crippen molar-refractivity contribution in [2.45, 2.75) is 50.3 Å². The first-order valence-corrected chi connectivity index (χ1v) is 12.0. The minimum Gasteiger partial charge on any atom is -0.374 e. The zero-order valence-corrected chi connectivity index (χ0v) is 17.3. The molecule has 1 saturated carbocycles. The van der Waals surface area contributed by atoms with Crippen LogP contribution in [0.2, 0.25) is 5.02 Å². The van der Waals surface area contributed by atoms with E-state index in [1.165, 1.54) is 11.8 Å². The van der Waals surface area contributed by atoms with Crippen LogP contribution in [0, 0.1) is 17.2 Å². The van der Waals surface area contributed by atoms with Crippen molar-refractivity contribution in [3.05, 3.63) is 34.9 Å². The van der Waals surface area contributed by atoms with Crippen molar-refractivity contribution in [2.24, 2.45) is 5.92 Å². The van der Waals surface area contributed by atoms with Crippen molar-refractivity contribution in [1.82, 2.24) is 4.90 Å². The fraction of sp³-hybridized carbons (Fsp3) is 0.650. The Kier molecular flexibility index (Phi) is 6.80. The first-order valence-electron chi connectivity index (χ1n) is 9.53. The van der Waals surface area contributed by atoms with Gasteiger partial charge in [0.2, 0.25) is 0 Å². The smallest absolute Gasteiger partial charge is 0.150 e. The van der Waals surface area contributed by atoms with Gasteiger partial charge in [0.05, 0.1) is 24.5 Å². The molecule has 0 unspecified atom stereocenters. The van der Waals surface area contributed by atoms with Crippen LogP contribution in [0.3, 0.4) is 0 Å². The van der Waals surface area contributed by atoms with Gasteiger partial charge in [-0.15, -0.1) is 0 Å². The molecule has 2 fully saturated rings. The maximum absolute atomic E-state index is 11.7.